The minimum atomic E-state index is -0.907. The lowest BCUT2D eigenvalue weighted by molar-refractivity contribution is 0.173. The van der Waals surface area contributed by atoms with E-state index in [-0.39, 0.29) is 5.84 Å². The molecular weight excluding hydrogens is 220 g/mol. The van der Waals surface area contributed by atoms with Crippen molar-refractivity contribution in [3.8, 4) is 5.75 Å². The van der Waals surface area contributed by atoms with E-state index in [4.69, 9.17) is 20.1 Å². The molecule has 5 nitrogen and oxygen atoms in total. The van der Waals surface area contributed by atoms with Gasteiger partial charge in [0.25, 0.3) is 0 Å². The SMILES string of the molecule is CC(C)(Oc1cccc2ccoc12)/C(N)=N/O. The van der Waals surface area contributed by atoms with Crippen molar-refractivity contribution in [2.75, 3.05) is 0 Å². The number of rotatable bonds is 3. The molecule has 0 atom stereocenters. The lowest BCUT2D eigenvalue weighted by Gasteiger charge is -2.24. The number of nitrogens with zero attached hydrogens (tertiary/aromatic N) is 1. The second-order valence-corrected chi connectivity index (χ2v) is 4.19. The van der Waals surface area contributed by atoms with Gasteiger partial charge in [-0.15, -0.1) is 0 Å². The summed E-state index contributed by atoms with van der Waals surface area (Å²) in [4.78, 5) is 0. The Hall–Kier alpha value is -2.17. The molecule has 0 bridgehead atoms. The number of furan rings is 1. The zero-order valence-electron chi connectivity index (χ0n) is 9.68. The van der Waals surface area contributed by atoms with Crippen molar-refractivity contribution in [2.45, 2.75) is 19.4 Å². The Bertz CT molecular complexity index is 558. The number of oxime groups is 1. The second kappa shape index (κ2) is 4.01. The van der Waals surface area contributed by atoms with E-state index >= 15 is 0 Å². The van der Waals surface area contributed by atoms with Gasteiger partial charge in [-0.2, -0.15) is 0 Å². The number of fused-ring (bicyclic) bond motifs is 1. The molecule has 1 aromatic carbocycles. The fourth-order valence-electron chi connectivity index (χ4n) is 1.49. The number of hydrogen-bond acceptors (Lipinski definition) is 4. The second-order valence-electron chi connectivity index (χ2n) is 4.19. The Morgan fingerprint density at radius 3 is 2.88 bits per heavy atom. The molecule has 0 aliphatic carbocycles. The molecule has 5 heteroatoms. The Morgan fingerprint density at radius 1 is 1.41 bits per heavy atom. The first-order chi connectivity index (χ1) is 8.04. The first-order valence-corrected chi connectivity index (χ1v) is 5.18. The normalized spacial score (nSPS) is 12.9. The molecule has 0 radical (unpaired) electrons. The van der Waals surface area contributed by atoms with Crippen molar-refractivity contribution in [3.05, 3.63) is 30.5 Å². The summed E-state index contributed by atoms with van der Waals surface area (Å²) >= 11 is 0. The molecule has 0 saturated heterocycles. The zero-order valence-corrected chi connectivity index (χ0v) is 9.68. The maximum absolute atomic E-state index is 8.68. The van der Waals surface area contributed by atoms with Gasteiger partial charge in [0.2, 0.25) is 0 Å². The highest BCUT2D eigenvalue weighted by Crippen LogP contribution is 2.29. The van der Waals surface area contributed by atoms with Crippen molar-refractivity contribution in [1.82, 2.24) is 0 Å². The first kappa shape index (κ1) is 11.3. The molecule has 0 aliphatic heterocycles. The minimum Gasteiger partial charge on any atom is -0.476 e. The summed E-state index contributed by atoms with van der Waals surface area (Å²) in [6, 6.07) is 7.40. The predicted octanol–water partition coefficient (Wildman–Crippen LogP) is 2.34. The quantitative estimate of drug-likeness (QED) is 0.369. The van der Waals surface area contributed by atoms with Crippen LogP contribution in [0, 0.1) is 0 Å². The largest absolute Gasteiger partial charge is 0.476 e. The van der Waals surface area contributed by atoms with Crippen LogP contribution in [-0.4, -0.2) is 16.6 Å². The van der Waals surface area contributed by atoms with E-state index in [1.54, 1.807) is 26.2 Å². The highest BCUT2D eigenvalue weighted by atomic mass is 16.5. The van der Waals surface area contributed by atoms with E-state index in [1.165, 1.54) is 0 Å². The monoisotopic (exact) mass is 234 g/mol. The van der Waals surface area contributed by atoms with Crippen LogP contribution < -0.4 is 10.5 Å². The number of benzene rings is 1. The Labute approximate surface area is 98.5 Å². The van der Waals surface area contributed by atoms with Crippen molar-refractivity contribution in [1.29, 1.82) is 0 Å². The lowest BCUT2D eigenvalue weighted by Crippen LogP contribution is -2.43. The van der Waals surface area contributed by atoms with Crippen molar-refractivity contribution in [2.24, 2.45) is 10.9 Å². The zero-order chi connectivity index (χ0) is 12.5. The number of ether oxygens (including phenoxy) is 1. The van der Waals surface area contributed by atoms with Crippen molar-refractivity contribution < 1.29 is 14.4 Å². The summed E-state index contributed by atoms with van der Waals surface area (Å²) in [5, 5.41) is 12.6. The molecule has 17 heavy (non-hydrogen) atoms. The van der Waals surface area contributed by atoms with Gasteiger partial charge in [-0.3, -0.25) is 0 Å². The molecule has 0 saturated carbocycles. The van der Waals surface area contributed by atoms with Gasteiger partial charge >= 0.3 is 0 Å². The molecular formula is C12H14N2O3. The molecule has 0 aliphatic rings. The predicted molar refractivity (Wildman–Crippen MR) is 64.3 cm³/mol. The number of para-hydroxylation sites is 1. The third-order valence-electron chi connectivity index (χ3n) is 2.53. The van der Waals surface area contributed by atoms with Crippen molar-refractivity contribution >= 4 is 16.8 Å². The topological polar surface area (TPSA) is 81.0 Å². The third kappa shape index (κ3) is 2.04. The van der Waals surface area contributed by atoms with E-state index in [0.29, 0.717) is 11.3 Å². The summed E-state index contributed by atoms with van der Waals surface area (Å²) in [6.45, 7) is 3.42. The molecule has 0 fully saturated rings. The van der Waals surface area contributed by atoms with Crippen molar-refractivity contribution in [3.63, 3.8) is 0 Å². The highest BCUT2D eigenvalue weighted by molar-refractivity contribution is 5.89. The molecule has 3 N–H and O–H groups in total. The van der Waals surface area contributed by atoms with E-state index in [0.717, 1.165) is 5.39 Å². The number of nitrogens with two attached hydrogens (primary N) is 1. The van der Waals surface area contributed by atoms with Crippen LogP contribution in [0.2, 0.25) is 0 Å². The number of amidine groups is 1. The van der Waals surface area contributed by atoms with Gasteiger partial charge in [0.05, 0.1) is 6.26 Å². The summed E-state index contributed by atoms with van der Waals surface area (Å²) in [7, 11) is 0. The summed E-state index contributed by atoms with van der Waals surface area (Å²) in [5.74, 6) is 0.560. The number of hydrogen-bond donors (Lipinski definition) is 2. The Morgan fingerprint density at radius 2 is 2.18 bits per heavy atom. The van der Waals surface area contributed by atoms with Crippen LogP contribution >= 0.6 is 0 Å². The van der Waals surface area contributed by atoms with Gasteiger partial charge < -0.3 is 20.1 Å². The van der Waals surface area contributed by atoms with Crippen LogP contribution in [-0.2, 0) is 0 Å². The van der Waals surface area contributed by atoms with Crippen LogP contribution in [0.4, 0.5) is 0 Å². The fraction of sp³-hybridized carbons (Fsp3) is 0.250. The average molecular weight is 234 g/mol. The van der Waals surface area contributed by atoms with E-state index < -0.39 is 5.60 Å². The molecule has 0 amide bonds. The van der Waals surface area contributed by atoms with Gasteiger partial charge in [-0.1, -0.05) is 17.3 Å². The maximum atomic E-state index is 8.68. The molecule has 2 aromatic rings. The Balaban J connectivity index is 2.39. The van der Waals surface area contributed by atoms with Gasteiger partial charge in [0, 0.05) is 5.39 Å². The van der Waals surface area contributed by atoms with Gasteiger partial charge in [0.1, 0.15) is 0 Å². The molecule has 1 heterocycles. The first-order valence-electron chi connectivity index (χ1n) is 5.18. The molecule has 1 aromatic heterocycles. The minimum absolute atomic E-state index is 0.000981. The van der Waals surface area contributed by atoms with Crippen LogP contribution in [0.5, 0.6) is 5.75 Å². The van der Waals surface area contributed by atoms with Gasteiger partial charge in [0.15, 0.2) is 22.8 Å². The average Bonchev–Trinajstić information content (AvgIpc) is 2.76. The van der Waals surface area contributed by atoms with Gasteiger partial charge in [-0.05, 0) is 26.0 Å². The summed E-state index contributed by atoms with van der Waals surface area (Å²) < 4.78 is 11.1. The smallest absolute Gasteiger partial charge is 0.182 e. The summed E-state index contributed by atoms with van der Waals surface area (Å²) in [5.41, 5.74) is 5.30. The van der Waals surface area contributed by atoms with Crippen LogP contribution in [0.15, 0.2) is 40.1 Å². The standard InChI is InChI=1S/C12H14N2O3/c1-12(2,11(13)14-15)17-9-5-3-4-8-6-7-16-10(8)9/h3-7,15H,1-2H3,(H2,13,14). The van der Waals surface area contributed by atoms with Gasteiger partial charge in [-0.25, -0.2) is 0 Å². The van der Waals surface area contributed by atoms with Crippen LogP contribution in [0.25, 0.3) is 11.0 Å². The van der Waals surface area contributed by atoms with Crippen LogP contribution in [0.1, 0.15) is 13.8 Å². The molecule has 2 rings (SSSR count). The van der Waals surface area contributed by atoms with E-state index in [1.807, 2.05) is 18.2 Å². The third-order valence-corrected chi connectivity index (χ3v) is 2.53. The van der Waals surface area contributed by atoms with E-state index in [9.17, 15) is 0 Å². The summed E-state index contributed by atoms with van der Waals surface area (Å²) in [6.07, 6.45) is 1.59. The van der Waals surface area contributed by atoms with E-state index in [2.05, 4.69) is 5.16 Å². The molecule has 0 unspecified atom stereocenters. The Kier molecular flexibility index (Phi) is 2.67. The molecule has 0 spiro atoms. The van der Waals surface area contributed by atoms with Crippen LogP contribution in [0.3, 0.4) is 0 Å². The highest BCUT2D eigenvalue weighted by Gasteiger charge is 2.27. The molecule has 90 valence electrons. The lowest BCUT2D eigenvalue weighted by atomic mass is 10.1. The fourth-order valence-corrected chi connectivity index (χ4v) is 1.49. The maximum Gasteiger partial charge on any atom is 0.182 e.